The molecule has 2 aromatic rings. The summed E-state index contributed by atoms with van der Waals surface area (Å²) < 4.78 is 0. The summed E-state index contributed by atoms with van der Waals surface area (Å²) in [6, 6.07) is 1.42. The van der Waals surface area contributed by atoms with Crippen molar-refractivity contribution in [2.75, 3.05) is 5.32 Å². The van der Waals surface area contributed by atoms with Gasteiger partial charge in [-0.1, -0.05) is 0 Å². The third-order valence-corrected chi connectivity index (χ3v) is 1.82. The standard InChI is InChI=1S/C8H6N4O3/c13-3-10-4-1-5-6(9-2-4)11-8(15)12-7(5)14/h1-3H,(H,10,13)(H2,9,11,12,14,15). The second-order valence-electron chi connectivity index (χ2n) is 2.79. The quantitative estimate of drug-likeness (QED) is 0.558. The van der Waals surface area contributed by atoms with E-state index in [4.69, 9.17) is 0 Å². The van der Waals surface area contributed by atoms with E-state index < -0.39 is 11.2 Å². The molecule has 0 atom stereocenters. The molecule has 7 heteroatoms. The largest absolute Gasteiger partial charge is 0.327 e. The Balaban J connectivity index is 2.76. The third kappa shape index (κ3) is 1.62. The number of hydrogen-bond donors (Lipinski definition) is 3. The van der Waals surface area contributed by atoms with Crippen molar-refractivity contribution in [2.24, 2.45) is 0 Å². The van der Waals surface area contributed by atoms with Crippen molar-refractivity contribution < 1.29 is 4.79 Å². The highest BCUT2D eigenvalue weighted by Gasteiger charge is 2.02. The molecule has 0 unspecified atom stereocenters. The lowest BCUT2D eigenvalue weighted by atomic mass is 10.3. The fourth-order valence-corrected chi connectivity index (χ4v) is 1.19. The number of rotatable bonds is 2. The van der Waals surface area contributed by atoms with Crippen molar-refractivity contribution in [3.05, 3.63) is 33.1 Å². The van der Waals surface area contributed by atoms with Crippen LogP contribution in [-0.4, -0.2) is 21.4 Å². The van der Waals surface area contributed by atoms with E-state index in [9.17, 15) is 14.4 Å². The van der Waals surface area contributed by atoms with Gasteiger partial charge in [-0.05, 0) is 6.07 Å². The normalized spacial score (nSPS) is 10.1. The zero-order valence-electron chi connectivity index (χ0n) is 7.40. The van der Waals surface area contributed by atoms with Crippen LogP contribution >= 0.6 is 0 Å². The molecule has 0 saturated carbocycles. The van der Waals surface area contributed by atoms with Crippen LogP contribution < -0.4 is 16.6 Å². The molecule has 15 heavy (non-hydrogen) atoms. The first-order valence-electron chi connectivity index (χ1n) is 4.03. The van der Waals surface area contributed by atoms with E-state index in [0.717, 1.165) is 0 Å². The topological polar surface area (TPSA) is 108 Å². The van der Waals surface area contributed by atoms with Gasteiger partial charge in [0.25, 0.3) is 5.56 Å². The number of H-pyrrole nitrogens is 2. The lowest BCUT2D eigenvalue weighted by Gasteiger charge is -1.99. The van der Waals surface area contributed by atoms with Gasteiger partial charge in [-0.25, -0.2) is 9.78 Å². The molecular weight excluding hydrogens is 200 g/mol. The average molecular weight is 206 g/mol. The highest BCUT2D eigenvalue weighted by atomic mass is 16.2. The molecular formula is C8H6N4O3. The minimum absolute atomic E-state index is 0.181. The Kier molecular flexibility index (Phi) is 2.05. The van der Waals surface area contributed by atoms with Gasteiger partial charge in [0.05, 0.1) is 17.3 Å². The summed E-state index contributed by atoms with van der Waals surface area (Å²) in [4.78, 5) is 40.6. The Morgan fingerprint density at radius 2 is 2.13 bits per heavy atom. The van der Waals surface area contributed by atoms with Crippen LogP contribution in [0.1, 0.15) is 0 Å². The summed E-state index contributed by atoms with van der Waals surface area (Å²) in [7, 11) is 0. The second kappa shape index (κ2) is 3.37. The van der Waals surface area contributed by atoms with Crippen molar-refractivity contribution in [1.82, 2.24) is 15.0 Å². The van der Waals surface area contributed by atoms with Crippen LogP contribution in [0.15, 0.2) is 21.9 Å². The Bertz CT molecular complexity index is 628. The average Bonchev–Trinajstić information content (AvgIpc) is 2.19. The van der Waals surface area contributed by atoms with Crippen LogP contribution in [0.4, 0.5) is 5.69 Å². The number of amides is 1. The first-order valence-corrected chi connectivity index (χ1v) is 4.03. The van der Waals surface area contributed by atoms with Crippen LogP contribution in [0, 0.1) is 0 Å². The summed E-state index contributed by atoms with van der Waals surface area (Å²) in [6.45, 7) is 0. The maximum absolute atomic E-state index is 11.3. The van der Waals surface area contributed by atoms with Crippen LogP contribution in [0.3, 0.4) is 0 Å². The third-order valence-electron chi connectivity index (χ3n) is 1.82. The van der Waals surface area contributed by atoms with Gasteiger partial charge < -0.3 is 5.32 Å². The van der Waals surface area contributed by atoms with E-state index in [1.165, 1.54) is 12.3 Å². The summed E-state index contributed by atoms with van der Waals surface area (Å²) in [5.74, 6) is 0. The number of aromatic amines is 2. The van der Waals surface area contributed by atoms with Crippen molar-refractivity contribution in [1.29, 1.82) is 0 Å². The minimum atomic E-state index is -0.615. The first kappa shape index (κ1) is 9.13. The van der Waals surface area contributed by atoms with Gasteiger partial charge >= 0.3 is 5.69 Å². The van der Waals surface area contributed by atoms with Gasteiger partial charge in [-0.2, -0.15) is 0 Å². The van der Waals surface area contributed by atoms with Gasteiger partial charge in [0.1, 0.15) is 5.65 Å². The predicted octanol–water partition coefficient (Wildman–Crippen LogP) is -0.820. The molecule has 76 valence electrons. The van der Waals surface area contributed by atoms with Crippen LogP contribution in [-0.2, 0) is 4.79 Å². The fraction of sp³-hybridized carbons (Fsp3) is 0. The van der Waals surface area contributed by atoms with Gasteiger partial charge in [-0.15, -0.1) is 0 Å². The second-order valence-corrected chi connectivity index (χ2v) is 2.79. The van der Waals surface area contributed by atoms with E-state index in [-0.39, 0.29) is 11.0 Å². The van der Waals surface area contributed by atoms with Crippen molar-refractivity contribution in [3.63, 3.8) is 0 Å². The monoisotopic (exact) mass is 206 g/mol. The van der Waals surface area contributed by atoms with Gasteiger partial charge in [0.15, 0.2) is 0 Å². The van der Waals surface area contributed by atoms with E-state index in [1.807, 2.05) is 0 Å². The number of hydrogen-bond acceptors (Lipinski definition) is 4. The smallest absolute Gasteiger partial charge is 0.327 e. The van der Waals surface area contributed by atoms with E-state index in [0.29, 0.717) is 12.1 Å². The lowest BCUT2D eigenvalue weighted by molar-refractivity contribution is -0.105. The van der Waals surface area contributed by atoms with Crippen molar-refractivity contribution in [2.45, 2.75) is 0 Å². The molecule has 7 nitrogen and oxygen atoms in total. The molecule has 0 aliphatic rings. The Labute approximate surface area is 82.2 Å². The highest BCUT2D eigenvalue weighted by molar-refractivity contribution is 5.80. The first-order chi connectivity index (χ1) is 7.20. The molecule has 0 saturated heterocycles. The van der Waals surface area contributed by atoms with Crippen LogP contribution in [0.5, 0.6) is 0 Å². The van der Waals surface area contributed by atoms with Crippen LogP contribution in [0.2, 0.25) is 0 Å². The molecule has 1 amide bonds. The molecule has 0 fully saturated rings. The minimum Gasteiger partial charge on any atom is -0.327 e. The molecule has 0 bridgehead atoms. The van der Waals surface area contributed by atoms with Crippen LogP contribution in [0.25, 0.3) is 11.0 Å². The number of nitrogens with zero attached hydrogens (tertiary/aromatic N) is 1. The zero-order chi connectivity index (χ0) is 10.8. The summed E-state index contributed by atoms with van der Waals surface area (Å²) >= 11 is 0. The summed E-state index contributed by atoms with van der Waals surface area (Å²) in [6.07, 6.45) is 1.81. The van der Waals surface area contributed by atoms with Gasteiger partial charge in [0, 0.05) is 0 Å². The van der Waals surface area contributed by atoms with Crippen molar-refractivity contribution >= 4 is 23.1 Å². The lowest BCUT2D eigenvalue weighted by Crippen LogP contribution is -2.22. The summed E-state index contributed by atoms with van der Waals surface area (Å²) in [5.41, 5.74) is -0.595. The molecule has 0 aliphatic heterocycles. The Morgan fingerprint density at radius 3 is 2.87 bits per heavy atom. The SMILES string of the molecule is O=CNc1cnc2[nH]c(=O)[nH]c(=O)c2c1. The number of carbonyl (C=O) groups is 1. The number of aromatic nitrogens is 3. The predicted molar refractivity (Wildman–Crippen MR) is 52.7 cm³/mol. The number of nitrogens with one attached hydrogen (secondary N) is 3. The Hall–Kier alpha value is -2.44. The molecule has 2 rings (SSSR count). The summed E-state index contributed by atoms with van der Waals surface area (Å²) in [5, 5.41) is 2.56. The van der Waals surface area contributed by atoms with Gasteiger partial charge in [0.2, 0.25) is 6.41 Å². The van der Waals surface area contributed by atoms with E-state index in [1.54, 1.807) is 0 Å². The Morgan fingerprint density at radius 1 is 1.33 bits per heavy atom. The molecule has 3 N–H and O–H groups in total. The number of carbonyl (C=O) groups excluding carboxylic acids is 1. The molecule has 0 aromatic carbocycles. The number of anilines is 1. The molecule has 0 spiro atoms. The molecule has 2 aromatic heterocycles. The molecule has 0 radical (unpaired) electrons. The maximum Gasteiger partial charge on any atom is 0.327 e. The maximum atomic E-state index is 11.3. The zero-order valence-corrected chi connectivity index (χ0v) is 7.40. The number of pyridine rings is 1. The number of fused-ring (bicyclic) bond motifs is 1. The molecule has 0 aliphatic carbocycles. The molecule has 2 heterocycles. The van der Waals surface area contributed by atoms with Crippen molar-refractivity contribution in [3.8, 4) is 0 Å². The fourth-order valence-electron chi connectivity index (χ4n) is 1.19. The van der Waals surface area contributed by atoms with E-state index in [2.05, 4.69) is 20.3 Å². The highest BCUT2D eigenvalue weighted by Crippen LogP contribution is 2.08. The van der Waals surface area contributed by atoms with E-state index >= 15 is 0 Å². The van der Waals surface area contributed by atoms with Gasteiger partial charge in [-0.3, -0.25) is 19.6 Å².